The normalized spacial score (nSPS) is 12.9. The average Bonchev–Trinajstić information content (AvgIpc) is 3.24. The van der Waals surface area contributed by atoms with Crippen LogP contribution in [0, 0.1) is 0 Å². The standard InChI is InChI=1S/C31H42N2O5/c1-2-3-4-5-6-7-8-20-29(34)32-21-14-13-19-28(30(35)36)33-31(37)38-22-27-25-17-11-9-15-23(25)24-16-10-12-18-26(24)27/h9-12,15-18,27-28H,2-8,13-14,19-22H2,1H3,(H,32,34)(H,33,37)(H,35,36)/t28-/m0/s1. The number of hydrogen-bond donors (Lipinski definition) is 3. The number of carbonyl (C=O) groups is 3. The highest BCUT2D eigenvalue weighted by Gasteiger charge is 2.29. The Hall–Kier alpha value is -3.35. The van der Waals surface area contributed by atoms with Gasteiger partial charge in [0.25, 0.3) is 0 Å². The lowest BCUT2D eigenvalue weighted by atomic mass is 9.98. The molecule has 0 heterocycles. The van der Waals surface area contributed by atoms with Crippen molar-refractivity contribution in [3.05, 3.63) is 59.7 Å². The predicted octanol–water partition coefficient (Wildman–Crippen LogP) is 6.41. The van der Waals surface area contributed by atoms with E-state index in [9.17, 15) is 19.5 Å². The van der Waals surface area contributed by atoms with Gasteiger partial charge in [-0.1, -0.05) is 94.0 Å². The number of carboxylic acid groups (broad SMARTS) is 1. The summed E-state index contributed by atoms with van der Waals surface area (Å²) in [5.41, 5.74) is 4.47. The summed E-state index contributed by atoms with van der Waals surface area (Å²) in [6.45, 7) is 2.84. The molecule has 0 aromatic heterocycles. The Morgan fingerprint density at radius 2 is 1.45 bits per heavy atom. The smallest absolute Gasteiger partial charge is 0.407 e. The van der Waals surface area contributed by atoms with Crippen molar-refractivity contribution in [2.45, 2.75) is 89.5 Å². The van der Waals surface area contributed by atoms with Crippen LogP contribution >= 0.6 is 0 Å². The first-order valence-electron chi connectivity index (χ1n) is 14.1. The Kier molecular flexibility index (Phi) is 12.1. The molecule has 0 unspecified atom stereocenters. The second-order valence-corrected chi connectivity index (χ2v) is 10.1. The first kappa shape index (κ1) is 29.2. The summed E-state index contributed by atoms with van der Waals surface area (Å²) in [6.07, 6.45) is 9.50. The molecular weight excluding hydrogens is 480 g/mol. The number of fused-ring (bicyclic) bond motifs is 3. The number of unbranched alkanes of at least 4 members (excludes halogenated alkanes) is 7. The highest BCUT2D eigenvalue weighted by Crippen LogP contribution is 2.44. The maximum Gasteiger partial charge on any atom is 0.407 e. The molecule has 0 saturated heterocycles. The van der Waals surface area contributed by atoms with Crippen LogP contribution in [0.4, 0.5) is 4.79 Å². The molecule has 2 amide bonds. The van der Waals surface area contributed by atoms with Gasteiger partial charge in [-0.15, -0.1) is 0 Å². The monoisotopic (exact) mass is 522 g/mol. The number of benzene rings is 2. The molecule has 3 rings (SSSR count). The van der Waals surface area contributed by atoms with Gasteiger partial charge in [0.15, 0.2) is 0 Å². The molecule has 0 spiro atoms. The third-order valence-corrected chi connectivity index (χ3v) is 7.18. The van der Waals surface area contributed by atoms with E-state index in [1.165, 1.54) is 32.1 Å². The Morgan fingerprint density at radius 1 is 0.842 bits per heavy atom. The van der Waals surface area contributed by atoms with E-state index in [2.05, 4.69) is 29.7 Å². The van der Waals surface area contributed by atoms with Crippen molar-refractivity contribution in [2.24, 2.45) is 0 Å². The lowest BCUT2D eigenvalue weighted by molar-refractivity contribution is -0.139. The lowest BCUT2D eigenvalue weighted by Gasteiger charge is -2.17. The van der Waals surface area contributed by atoms with Crippen LogP contribution in [0.15, 0.2) is 48.5 Å². The van der Waals surface area contributed by atoms with Crippen molar-refractivity contribution in [3.8, 4) is 11.1 Å². The number of hydrogen-bond acceptors (Lipinski definition) is 4. The van der Waals surface area contributed by atoms with E-state index in [0.29, 0.717) is 25.8 Å². The van der Waals surface area contributed by atoms with Crippen LogP contribution in [-0.2, 0) is 14.3 Å². The average molecular weight is 523 g/mol. The highest BCUT2D eigenvalue weighted by molar-refractivity contribution is 5.81. The van der Waals surface area contributed by atoms with Gasteiger partial charge in [-0.25, -0.2) is 9.59 Å². The summed E-state index contributed by atoms with van der Waals surface area (Å²) < 4.78 is 5.48. The van der Waals surface area contributed by atoms with E-state index < -0.39 is 18.1 Å². The third-order valence-electron chi connectivity index (χ3n) is 7.18. The molecule has 7 nitrogen and oxygen atoms in total. The quantitative estimate of drug-likeness (QED) is 0.208. The summed E-state index contributed by atoms with van der Waals surface area (Å²) in [4.78, 5) is 36.1. The van der Waals surface area contributed by atoms with Gasteiger partial charge in [0.05, 0.1) is 0 Å². The number of amides is 2. The van der Waals surface area contributed by atoms with Crippen molar-refractivity contribution in [1.82, 2.24) is 10.6 Å². The number of aliphatic carboxylic acids is 1. The molecule has 0 aliphatic heterocycles. The molecule has 38 heavy (non-hydrogen) atoms. The highest BCUT2D eigenvalue weighted by atomic mass is 16.5. The SMILES string of the molecule is CCCCCCCCCC(=O)NCCCC[C@H](NC(=O)OCC1c2ccccc2-c2ccccc21)C(=O)O. The maximum absolute atomic E-state index is 12.5. The molecule has 3 N–H and O–H groups in total. The van der Waals surface area contributed by atoms with Crippen molar-refractivity contribution in [1.29, 1.82) is 0 Å². The topological polar surface area (TPSA) is 105 Å². The van der Waals surface area contributed by atoms with Crippen molar-refractivity contribution in [3.63, 3.8) is 0 Å². The van der Waals surface area contributed by atoms with Crippen LogP contribution in [0.25, 0.3) is 11.1 Å². The van der Waals surface area contributed by atoms with E-state index in [1.807, 2.05) is 36.4 Å². The Bertz CT molecular complexity index is 1010. The van der Waals surface area contributed by atoms with E-state index in [0.717, 1.165) is 35.1 Å². The molecule has 2 aromatic rings. The zero-order chi connectivity index (χ0) is 27.2. The van der Waals surface area contributed by atoms with E-state index in [-0.39, 0.29) is 24.9 Å². The van der Waals surface area contributed by atoms with Gasteiger partial charge >= 0.3 is 12.1 Å². The fourth-order valence-electron chi connectivity index (χ4n) is 5.07. The Labute approximate surface area is 226 Å². The second-order valence-electron chi connectivity index (χ2n) is 10.1. The number of alkyl carbamates (subject to hydrolysis) is 1. The lowest BCUT2D eigenvalue weighted by Crippen LogP contribution is -2.41. The van der Waals surface area contributed by atoms with Crippen LogP contribution in [0.5, 0.6) is 0 Å². The van der Waals surface area contributed by atoms with Gasteiger partial charge < -0.3 is 20.5 Å². The molecule has 1 aliphatic rings. The summed E-state index contributed by atoms with van der Waals surface area (Å²) >= 11 is 0. The van der Waals surface area contributed by atoms with Gasteiger partial charge in [0.1, 0.15) is 12.6 Å². The van der Waals surface area contributed by atoms with Crippen LogP contribution in [0.2, 0.25) is 0 Å². The van der Waals surface area contributed by atoms with Gasteiger partial charge in [-0.3, -0.25) is 4.79 Å². The number of carbonyl (C=O) groups excluding carboxylic acids is 2. The van der Waals surface area contributed by atoms with Crippen molar-refractivity contribution >= 4 is 18.0 Å². The molecule has 1 aliphatic carbocycles. The minimum absolute atomic E-state index is 0.0464. The fourth-order valence-corrected chi connectivity index (χ4v) is 5.07. The van der Waals surface area contributed by atoms with Crippen LogP contribution in [-0.4, -0.2) is 42.3 Å². The van der Waals surface area contributed by atoms with E-state index >= 15 is 0 Å². The maximum atomic E-state index is 12.5. The summed E-state index contributed by atoms with van der Waals surface area (Å²) in [6, 6.07) is 15.1. The fraction of sp³-hybridized carbons (Fsp3) is 0.516. The predicted molar refractivity (Wildman–Crippen MR) is 149 cm³/mol. The number of nitrogens with one attached hydrogen (secondary N) is 2. The molecular formula is C31H42N2O5. The number of carboxylic acids is 1. The zero-order valence-corrected chi connectivity index (χ0v) is 22.5. The van der Waals surface area contributed by atoms with Crippen molar-refractivity contribution in [2.75, 3.05) is 13.2 Å². The van der Waals surface area contributed by atoms with Crippen LogP contribution in [0.3, 0.4) is 0 Å². The molecule has 0 fully saturated rings. The van der Waals surface area contributed by atoms with Gasteiger partial charge in [0.2, 0.25) is 5.91 Å². The third kappa shape index (κ3) is 8.89. The first-order chi connectivity index (χ1) is 18.5. The van der Waals surface area contributed by atoms with Gasteiger partial charge in [0, 0.05) is 18.9 Å². The first-order valence-corrected chi connectivity index (χ1v) is 14.1. The van der Waals surface area contributed by atoms with E-state index in [1.54, 1.807) is 0 Å². The minimum Gasteiger partial charge on any atom is -0.480 e. The zero-order valence-electron chi connectivity index (χ0n) is 22.5. The minimum atomic E-state index is -1.10. The summed E-state index contributed by atoms with van der Waals surface area (Å²) in [5, 5.41) is 15.0. The molecule has 0 saturated carbocycles. The molecule has 0 bridgehead atoms. The summed E-state index contributed by atoms with van der Waals surface area (Å²) in [5.74, 6) is -1.13. The molecule has 0 radical (unpaired) electrons. The van der Waals surface area contributed by atoms with Crippen molar-refractivity contribution < 1.29 is 24.2 Å². The molecule has 1 atom stereocenters. The molecule has 7 heteroatoms. The van der Waals surface area contributed by atoms with Gasteiger partial charge in [-0.05, 0) is 47.9 Å². The van der Waals surface area contributed by atoms with Gasteiger partial charge in [-0.2, -0.15) is 0 Å². The number of ether oxygens (including phenoxy) is 1. The molecule has 206 valence electrons. The largest absolute Gasteiger partial charge is 0.480 e. The Balaban J connectivity index is 1.33. The van der Waals surface area contributed by atoms with Crippen LogP contribution in [0.1, 0.15) is 94.6 Å². The number of rotatable bonds is 17. The molecule has 2 aromatic carbocycles. The van der Waals surface area contributed by atoms with Crippen LogP contribution < -0.4 is 10.6 Å². The summed E-state index contributed by atoms with van der Waals surface area (Å²) in [7, 11) is 0. The second kappa shape index (κ2) is 15.8. The Morgan fingerprint density at radius 3 is 2.08 bits per heavy atom. The van der Waals surface area contributed by atoms with E-state index in [4.69, 9.17) is 4.74 Å².